The van der Waals surface area contributed by atoms with E-state index < -0.39 is 5.97 Å². The molecule has 1 N–H and O–H groups in total. The highest BCUT2D eigenvalue weighted by atomic mass is 32.2. The van der Waals surface area contributed by atoms with E-state index in [9.17, 15) is 9.59 Å². The summed E-state index contributed by atoms with van der Waals surface area (Å²) in [7, 11) is 0. The van der Waals surface area contributed by atoms with Crippen molar-refractivity contribution in [3.05, 3.63) is 29.8 Å². The molecule has 0 bridgehead atoms. The molecule has 0 saturated carbocycles. The molecule has 0 aliphatic carbocycles. The molecule has 21 heavy (non-hydrogen) atoms. The lowest BCUT2D eigenvalue weighted by molar-refractivity contribution is -0.143. The second-order valence-corrected chi connectivity index (χ2v) is 7.25. The van der Waals surface area contributed by atoms with E-state index in [0.717, 1.165) is 4.90 Å². The van der Waals surface area contributed by atoms with Crippen LogP contribution in [0.1, 0.15) is 37.0 Å². The minimum atomic E-state index is -0.753. The van der Waals surface area contributed by atoms with Crippen molar-refractivity contribution in [2.45, 2.75) is 36.8 Å². The normalized spacial score (nSPS) is 16.2. The van der Waals surface area contributed by atoms with Gasteiger partial charge in [0.15, 0.2) is 0 Å². The van der Waals surface area contributed by atoms with Crippen LogP contribution in [0.4, 0.5) is 0 Å². The van der Waals surface area contributed by atoms with E-state index >= 15 is 0 Å². The number of carbonyl (C=O) groups is 2. The third-order valence-corrected chi connectivity index (χ3v) is 4.62. The highest BCUT2D eigenvalue weighted by Crippen LogP contribution is 2.24. The Labute approximate surface area is 129 Å². The maximum Gasteiger partial charge on any atom is 0.306 e. The first-order chi connectivity index (χ1) is 9.97. The lowest BCUT2D eigenvalue weighted by atomic mass is 9.96. The maximum atomic E-state index is 12.4. The van der Waals surface area contributed by atoms with Crippen LogP contribution in [-0.2, 0) is 4.79 Å². The molecule has 4 nitrogen and oxygen atoms in total. The third-order valence-electron chi connectivity index (χ3n) is 3.60. The minimum Gasteiger partial charge on any atom is -0.481 e. The smallest absolute Gasteiger partial charge is 0.306 e. The molecule has 114 valence electrons. The Morgan fingerprint density at radius 2 is 1.76 bits per heavy atom. The summed E-state index contributed by atoms with van der Waals surface area (Å²) < 4.78 is 0. The van der Waals surface area contributed by atoms with Crippen LogP contribution in [0.25, 0.3) is 0 Å². The van der Waals surface area contributed by atoms with Crippen LogP contribution in [0.3, 0.4) is 0 Å². The molecule has 1 amide bonds. The van der Waals surface area contributed by atoms with Gasteiger partial charge >= 0.3 is 5.97 Å². The van der Waals surface area contributed by atoms with E-state index in [4.69, 9.17) is 5.11 Å². The summed E-state index contributed by atoms with van der Waals surface area (Å²) >= 11 is 1.77. The standard InChI is InChI=1S/C16H21NO3S/c1-11(2)21-14-5-3-12(4-6-14)15(18)17-9-7-13(8-10-17)16(19)20/h3-6,11,13H,7-10H2,1-2H3,(H,19,20). The number of rotatable bonds is 4. The number of nitrogens with zero attached hydrogens (tertiary/aromatic N) is 1. The largest absolute Gasteiger partial charge is 0.481 e. The molecule has 1 aliphatic rings. The molecule has 1 aromatic carbocycles. The number of carboxylic acids is 1. The number of amides is 1. The lowest BCUT2D eigenvalue weighted by Crippen LogP contribution is -2.40. The second-order valence-electron chi connectivity index (χ2n) is 5.60. The van der Waals surface area contributed by atoms with E-state index in [0.29, 0.717) is 36.7 Å². The van der Waals surface area contributed by atoms with Crippen molar-refractivity contribution >= 4 is 23.6 Å². The highest BCUT2D eigenvalue weighted by Gasteiger charge is 2.27. The molecule has 1 fully saturated rings. The highest BCUT2D eigenvalue weighted by molar-refractivity contribution is 7.99. The van der Waals surface area contributed by atoms with Crippen molar-refractivity contribution in [1.29, 1.82) is 0 Å². The van der Waals surface area contributed by atoms with E-state index in [1.165, 1.54) is 0 Å². The van der Waals surface area contributed by atoms with Gasteiger partial charge < -0.3 is 10.0 Å². The molecule has 0 atom stereocenters. The number of hydrogen-bond acceptors (Lipinski definition) is 3. The Hall–Kier alpha value is -1.49. The molecule has 0 aromatic heterocycles. The summed E-state index contributed by atoms with van der Waals surface area (Å²) in [6, 6.07) is 7.66. The number of hydrogen-bond donors (Lipinski definition) is 1. The number of piperidine rings is 1. The van der Waals surface area contributed by atoms with Crippen LogP contribution in [0.15, 0.2) is 29.2 Å². The van der Waals surface area contributed by atoms with Gasteiger partial charge in [0.1, 0.15) is 0 Å². The van der Waals surface area contributed by atoms with Crippen molar-refractivity contribution in [2.75, 3.05) is 13.1 Å². The average molecular weight is 307 g/mol. The summed E-state index contributed by atoms with van der Waals surface area (Å²) in [5.41, 5.74) is 0.678. The molecule has 1 aliphatic heterocycles. The van der Waals surface area contributed by atoms with Crippen LogP contribution in [0.2, 0.25) is 0 Å². The van der Waals surface area contributed by atoms with Crippen molar-refractivity contribution in [3.63, 3.8) is 0 Å². The third kappa shape index (κ3) is 4.24. The van der Waals surface area contributed by atoms with Gasteiger partial charge in [-0.2, -0.15) is 0 Å². The Morgan fingerprint density at radius 1 is 1.19 bits per heavy atom. The van der Waals surface area contributed by atoms with E-state index in [1.807, 2.05) is 24.3 Å². The summed E-state index contributed by atoms with van der Waals surface area (Å²) in [6.45, 7) is 5.32. The monoisotopic (exact) mass is 307 g/mol. The molecule has 5 heteroatoms. The zero-order valence-corrected chi connectivity index (χ0v) is 13.2. The lowest BCUT2D eigenvalue weighted by Gasteiger charge is -2.30. The molecule has 1 aromatic rings. The summed E-state index contributed by atoms with van der Waals surface area (Å²) in [5.74, 6) is -1.06. The zero-order valence-electron chi connectivity index (χ0n) is 12.4. The number of carboxylic acid groups (broad SMARTS) is 1. The Bertz CT molecular complexity index is 505. The van der Waals surface area contributed by atoms with Crippen LogP contribution in [0.5, 0.6) is 0 Å². The Morgan fingerprint density at radius 3 is 2.24 bits per heavy atom. The van der Waals surface area contributed by atoms with Gasteiger partial charge in [0.25, 0.3) is 5.91 Å². The van der Waals surface area contributed by atoms with Crippen LogP contribution in [0, 0.1) is 5.92 Å². The average Bonchev–Trinajstić information content (AvgIpc) is 2.47. The summed E-state index contributed by atoms with van der Waals surface area (Å²) in [6.07, 6.45) is 1.09. The van der Waals surface area contributed by atoms with Crippen molar-refractivity contribution < 1.29 is 14.7 Å². The van der Waals surface area contributed by atoms with Gasteiger partial charge in [-0.15, -0.1) is 11.8 Å². The quantitative estimate of drug-likeness (QED) is 0.868. The van der Waals surface area contributed by atoms with Gasteiger partial charge in [0.2, 0.25) is 0 Å². The number of likely N-dealkylation sites (tertiary alicyclic amines) is 1. The van der Waals surface area contributed by atoms with Crippen molar-refractivity contribution in [3.8, 4) is 0 Å². The Kier molecular flexibility index (Phi) is 5.28. The van der Waals surface area contributed by atoms with Gasteiger partial charge in [-0.05, 0) is 37.1 Å². The fourth-order valence-electron chi connectivity index (χ4n) is 2.46. The number of carbonyl (C=O) groups excluding carboxylic acids is 1. The predicted octanol–water partition coefficient (Wildman–Crippen LogP) is 3.12. The van der Waals surface area contributed by atoms with Gasteiger partial charge in [0.05, 0.1) is 5.92 Å². The van der Waals surface area contributed by atoms with Crippen molar-refractivity contribution in [1.82, 2.24) is 4.90 Å². The Balaban J connectivity index is 1.96. The first-order valence-corrected chi connectivity index (χ1v) is 8.14. The van der Waals surface area contributed by atoms with Gasteiger partial charge in [-0.25, -0.2) is 0 Å². The molecule has 1 saturated heterocycles. The molecule has 1 heterocycles. The molecule has 0 radical (unpaired) electrons. The van der Waals surface area contributed by atoms with Crippen molar-refractivity contribution in [2.24, 2.45) is 5.92 Å². The molecule has 2 rings (SSSR count). The molecular formula is C16H21NO3S. The summed E-state index contributed by atoms with van der Waals surface area (Å²) in [4.78, 5) is 26.2. The minimum absolute atomic E-state index is 0.0000595. The van der Waals surface area contributed by atoms with Crippen LogP contribution in [-0.4, -0.2) is 40.2 Å². The number of aliphatic carboxylic acids is 1. The fourth-order valence-corrected chi connectivity index (χ4v) is 3.30. The maximum absolute atomic E-state index is 12.4. The first kappa shape index (κ1) is 15.9. The van der Waals surface area contributed by atoms with Gasteiger partial charge in [-0.3, -0.25) is 9.59 Å². The van der Waals surface area contributed by atoms with E-state index in [-0.39, 0.29) is 11.8 Å². The zero-order chi connectivity index (χ0) is 15.4. The van der Waals surface area contributed by atoms with Gasteiger partial charge in [-0.1, -0.05) is 13.8 Å². The molecule has 0 unspecified atom stereocenters. The van der Waals surface area contributed by atoms with Crippen LogP contribution < -0.4 is 0 Å². The molecule has 0 spiro atoms. The number of thioether (sulfide) groups is 1. The number of benzene rings is 1. The SMILES string of the molecule is CC(C)Sc1ccc(C(=O)N2CCC(C(=O)O)CC2)cc1. The second kappa shape index (κ2) is 6.98. The predicted molar refractivity (Wildman–Crippen MR) is 83.7 cm³/mol. The van der Waals surface area contributed by atoms with Crippen LogP contribution >= 0.6 is 11.8 Å². The van der Waals surface area contributed by atoms with E-state index in [2.05, 4.69) is 13.8 Å². The topological polar surface area (TPSA) is 57.6 Å². The molecular weight excluding hydrogens is 286 g/mol. The first-order valence-electron chi connectivity index (χ1n) is 7.26. The van der Waals surface area contributed by atoms with E-state index in [1.54, 1.807) is 16.7 Å². The fraction of sp³-hybridized carbons (Fsp3) is 0.500. The summed E-state index contributed by atoms with van der Waals surface area (Å²) in [5, 5.41) is 9.49. The van der Waals surface area contributed by atoms with Gasteiger partial charge in [0, 0.05) is 28.8 Å².